The molecule has 0 saturated carbocycles. The Balaban J connectivity index is 2.21. The molecule has 0 aromatic carbocycles. The van der Waals surface area contributed by atoms with E-state index in [9.17, 15) is 4.79 Å². The number of carbonyl (C=O) groups excluding carboxylic acids is 1. The lowest BCUT2D eigenvalue weighted by Gasteiger charge is -2.17. The highest BCUT2D eigenvalue weighted by Crippen LogP contribution is 2.16. The van der Waals surface area contributed by atoms with Crippen LogP contribution < -0.4 is 0 Å². The average molecular weight is 289 g/mol. The van der Waals surface area contributed by atoms with E-state index in [4.69, 9.17) is 0 Å². The minimum Gasteiger partial charge on any atom is -0.337 e. The molecule has 0 radical (unpaired) electrons. The Kier molecular flexibility index (Phi) is 4.16. The molecule has 0 bridgehead atoms. The van der Waals surface area contributed by atoms with E-state index >= 15 is 0 Å². The quantitative estimate of drug-likeness (QED) is 0.863. The van der Waals surface area contributed by atoms with Crippen LogP contribution in [0.2, 0.25) is 0 Å². The van der Waals surface area contributed by atoms with Gasteiger partial charge in [-0.25, -0.2) is 0 Å². The van der Waals surface area contributed by atoms with Crippen LogP contribution in [-0.4, -0.2) is 37.4 Å². The van der Waals surface area contributed by atoms with Crippen LogP contribution in [0, 0.1) is 20.8 Å². The van der Waals surface area contributed by atoms with Crippen molar-refractivity contribution in [3.05, 3.63) is 34.4 Å². The monoisotopic (exact) mass is 289 g/mol. The van der Waals surface area contributed by atoms with E-state index in [2.05, 4.69) is 10.2 Å². The van der Waals surface area contributed by atoms with E-state index in [1.807, 2.05) is 52.7 Å². The van der Waals surface area contributed by atoms with Crippen LogP contribution in [0.3, 0.4) is 0 Å². The van der Waals surface area contributed by atoms with E-state index < -0.39 is 0 Å². The van der Waals surface area contributed by atoms with Gasteiger partial charge in [-0.3, -0.25) is 14.2 Å². The zero-order valence-electron chi connectivity index (χ0n) is 13.6. The van der Waals surface area contributed by atoms with Gasteiger partial charge in [0.25, 0.3) is 5.91 Å². The van der Waals surface area contributed by atoms with Crippen molar-refractivity contribution in [2.75, 3.05) is 7.05 Å². The summed E-state index contributed by atoms with van der Waals surface area (Å²) in [6.45, 7) is 9.19. The molecule has 2 heterocycles. The molecule has 2 aromatic heterocycles. The zero-order valence-corrected chi connectivity index (χ0v) is 13.6. The minimum atomic E-state index is -0.00477. The first-order valence-corrected chi connectivity index (χ1v) is 7.13. The number of aryl methyl sites for hydroxylation is 4. The maximum Gasteiger partial charge on any atom is 0.257 e. The van der Waals surface area contributed by atoms with Crippen molar-refractivity contribution in [1.82, 2.24) is 24.5 Å². The highest BCUT2D eigenvalue weighted by atomic mass is 16.2. The molecule has 0 aliphatic heterocycles. The lowest BCUT2D eigenvalue weighted by molar-refractivity contribution is 0.0784. The zero-order chi connectivity index (χ0) is 15.7. The van der Waals surface area contributed by atoms with E-state index in [1.54, 1.807) is 9.58 Å². The molecule has 1 amide bonds. The molecular weight excluding hydrogens is 266 g/mol. The van der Waals surface area contributed by atoms with Crippen molar-refractivity contribution in [1.29, 1.82) is 0 Å². The van der Waals surface area contributed by atoms with Crippen LogP contribution in [0.25, 0.3) is 0 Å². The van der Waals surface area contributed by atoms with E-state index in [1.165, 1.54) is 0 Å². The summed E-state index contributed by atoms with van der Waals surface area (Å²) in [5, 5.41) is 8.72. The molecule has 6 nitrogen and oxygen atoms in total. The number of nitrogens with zero attached hydrogens (tertiary/aromatic N) is 5. The molecule has 0 aliphatic carbocycles. The van der Waals surface area contributed by atoms with Crippen LogP contribution in [0.4, 0.5) is 0 Å². The number of rotatable bonds is 4. The Labute approximate surface area is 125 Å². The van der Waals surface area contributed by atoms with Gasteiger partial charge >= 0.3 is 0 Å². The van der Waals surface area contributed by atoms with Crippen molar-refractivity contribution < 1.29 is 4.79 Å². The molecule has 0 atom stereocenters. The van der Waals surface area contributed by atoms with Gasteiger partial charge < -0.3 is 4.90 Å². The van der Waals surface area contributed by atoms with Gasteiger partial charge in [-0.15, -0.1) is 0 Å². The Hall–Kier alpha value is -2.11. The van der Waals surface area contributed by atoms with E-state index in [0.717, 1.165) is 29.2 Å². The molecule has 0 saturated heterocycles. The lowest BCUT2D eigenvalue weighted by Crippen LogP contribution is -2.27. The first-order chi connectivity index (χ1) is 9.85. The second-order valence-electron chi connectivity index (χ2n) is 5.42. The van der Waals surface area contributed by atoms with Gasteiger partial charge in [-0.2, -0.15) is 10.2 Å². The molecule has 114 valence electrons. The predicted molar refractivity (Wildman–Crippen MR) is 81.1 cm³/mol. The normalized spacial score (nSPS) is 11.0. The highest BCUT2D eigenvalue weighted by molar-refractivity contribution is 5.94. The molecule has 21 heavy (non-hydrogen) atoms. The second-order valence-corrected chi connectivity index (χ2v) is 5.42. The van der Waals surface area contributed by atoms with Gasteiger partial charge in [0, 0.05) is 44.6 Å². The van der Waals surface area contributed by atoms with Crippen molar-refractivity contribution >= 4 is 5.91 Å². The summed E-state index contributed by atoms with van der Waals surface area (Å²) in [5.41, 5.74) is 4.60. The van der Waals surface area contributed by atoms with Crippen molar-refractivity contribution in [2.45, 2.75) is 40.8 Å². The maximum absolute atomic E-state index is 12.6. The second kappa shape index (κ2) is 5.71. The van der Waals surface area contributed by atoms with Gasteiger partial charge in [0.1, 0.15) is 0 Å². The first kappa shape index (κ1) is 15.3. The van der Waals surface area contributed by atoms with Crippen molar-refractivity contribution in [2.24, 2.45) is 7.05 Å². The van der Waals surface area contributed by atoms with Crippen molar-refractivity contribution in [3.63, 3.8) is 0 Å². The maximum atomic E-state index is 12.6. The summed E-state index contributed by atoms with van der Waals surface area (Å²) < 4.78 is 3.64. The fraction of sp³-hybridized carbons (Fsp3) is 0.533. The standard InChI is InChI=1S/C15H23N5O/c1-7-20-9-14(11(3)17-20)15(21)18(5)8-13-10(2)16-19(6)12(13)4/h9H,7-8H2,1-6H3. The van der Waals surface area contributed by atoms with E-state index in [0.29, 0.717) is 12.1 Å². The summed E-state index contributed by atoms with van der Waals surface area (Å²) >= 11 is 0. The molecule has 0 aliphatic rings. The Morgan fingerprint density at radius 2 is 1.90 bits per heavy atom. The Morgan fingerprint density at radius 3 is 2.38 bits per heavy atom. The van der Waals surface area contributed by atoms with Crippen molar-refractivity contribution in [3.8, 4) is 0 Å². The summed E-state index contributed by atoms with van der Waals surface area (Å²) in [4.78, 5) is 14.3. The van der Waals surface area contributed by atoms with Crippen LogP contribution in [-0.2, 0) is 20.1 Å². The molecule has 2 aromatic rings. The van der Waals surface area contributed by atoms with Gasteiger partial charge in [0.05, 0.1) is 17.0 Å². The number of aromatic nitrogens is 4. The minimum absolute atomic E-state index is 0.00477. The third-order valence-electron chi connectivity index (χ3n) is 3.90. The third-order valence-corrected chi connectivity index (χ3v) is 3.90. The third kappa shape index (κ3) is 2.84. The largest absolute Gasteiger partial charge is 0.337 e. The molecule has 0 fully saturated rings. The Morgan fingerprint density at radius 1 is 1.24 bits per heavy atom. The molecule has 0 unspecified atom stereocenters. The fourth-order valence-electron chi connectivity index (χ4n) is 2.45. The highest BCUT2D eigenvalue weighted by Gasteiger charge is 2.20. The first-order valence-electron chi connectivity index (χ1n) is 7.13. The van der Waals surface area contributed by atoms with E-state index in [-0.39, 0.29) is 5.91 Å². The Bertz CT molecular complexity index is 668. The summed E-state index contributed by atoms with van der Waals surface area (Å²) in [6.07, 6.45) is 1.82. The molecule has 6 heteroatoms. The molecular formula is C15H23N5O. The number of hydrogen-bond donors (Lipinski definition) is 0. The van der Waals surface area contributed by atoms with Crippen LogP contribution >= 0.6 is 0 Å². The molecule has 0 spiro atoms. The average Bonchev–Trinajstić information content (AvgIpc) is 2.93. The summed E-state index contributed by atoms with van der Waals surface area (Å²) in [5.74, 6) is -0.00477. The fourth-order valence-corrected chi connectivity index (χ4v) is 2.45. The van der Waals surface area contributed by atoms with Gasteiger partial charge in [-0.1, -0.05) is 0 Å². The van der Waals surface area contributed by atoms with Crippen LogP contribution in [0.5, 0.6) is 0 Å². The van der Waals surface area contributed by atoms with Gasteiger partial charge in [-0.05, 0) is 27.7 Å². The number of amides is 1. The molecule has 0 N–H and O–H groups in total. The smallest absolute Gasteiger partial charge is 0.257 e. The summed E-state index contributed by atoms with van der Waals surface area (Å²) in [6, 6.07) is 0. The van der Waals surface area contributed by atoms with Crippen LogP contribution in [0.1, 0.15) is 39.9 Å². The lowest BCUT2D eigenvalue weighted by atomic mass is 10.1. The van der Waals surface area contributed by atoms with Gasteiger partial charge in [0.2, 0.25) is 0 Å². The number of hydrogen-bond acceptors (Lipinski definition) is 3. The SMILES string of the molecule is CCn1cc(C(=O)N(C)Cc2c(C)nn(C)c2C)c(C)n1. The molecule has 2 rings (SSSR count). The predicted octanol–water partition coefficient (Wildman–Crippen LogP) is 1.83. The number of carbonyl (C=O) groups is 1. The van der Waals surface area contributed by atoms with Gasteiger partial charge in [0.15, 0.2) is 0 Å². The topological polar surface area (TPSA) is 56.0 Å². The van der Waals surface area contributed by atoms with Crippen LogP contribution in [0.15, 0.2) is 6.20 Å². The summed E-state index contributed by atoms with van der Waals surface area (Å²) in [7, 11) is 3.74.